The van der Waals surface area contributed by atoms with Crippen molar-refractivity contribution in [1.82, 2.24) is 10.3 Å². The van der Waals surface area contributed by atoms with Gasteiger partial charge in [0.25, 0.3) is 0 Å². The van der Waals surface area contributed by atoms with Gasteiger partial charge in [-0.1, -0.05) is 19.8 Å². The molecule has 0 saturated heterocycles. The summed E-state index contributed by atoms with van der Waals surface area (Å²) in [4.78, 5) is 15.8. The highest BCUT2D eigenvalue weighted by molar-refractivity contribution is 5.86. The maximum atomic E-state index is 11.7. The topological polar surface area (TPSA) is 76.4 Å². The Morgan fingerprint density at radius 3 is 2.81 bits per heavy atom. The van der Waals surface area contributed by atoms with Gasteiger partial charge in [-0.25, -0.2) is 4.79 Å². The number of aromatic nitrogens is 1. The molecule has 2 rings (SSSR count). The summed E-state index contributed by atoms with van der Waals surface area (Å²) in [5.74, 6) is 1.32. The number of oxazole rings is 1. The summed E-state index contributed by atoms with van der Waals surface area (Å²) < 4.78 is 11.1. The Bertz CT molecular complexity index is 453. The maximum absolute atomic E-state index is 11.7. The van der Waals surface area contributed by atoms with E-state index in [2.05, 4.69) is 22.5 Å². The predicted octanol–water partition coefficient (Wildman–Crippen LogP) is 3.01. The molecule has 2 amide bonds. The molecule has 1 fully saturated rings. The monoisotopic (exact) mass is 295 g/mol. The zero-order chi connectivity index (χ0) is 15.2. The van der Waals surface area contributed by atoms with E-state index in [0.29, 0.717) is 30.9 Å². The largest absolute Gasteiger partial charge is 0.428 e. The number of carbonyl (C=O) groups excluding carboxylic acids is 1. The molecule has 1 aromatic heterocycles. The minimum absolute atomic E-state index is 0.226. The van der Waals surface area contributed by atoms with Crippen LogP contribution in [0, 0.1) is 19.8 Å². The molecule has 1 aliphatic carbocycles. The highest BCUT2D eigenvalue weighted by Gasteiger charge is 2.21. The fraction of sp³-hybridized carbons (Fsp3) is 0.733. The van der Waals surface area contributed by atoms with Gasteiger partial charge in [0.2, 0.25) is 0 Å². The van der Waals surface area contributed by atoms with Gasteiger partial charge in [-0.05, 0) is 32.6 Å². The lowest BCUT2D eigenvalue weighted by Gasteiger charge is -2.28. The van der Waals surface area contributed by atoms with E-state index in [4.69, 9.17) is 9.15 Å². The minimum Gasteiger partial charge on any atom is -0.428 e. The van der Waals surface area contributed by atoms with Crippen LogP contribution in [0.3, 0.4) is 0 Å². The highest BCUT2D eigenvalue weighted by Crippen LogP contribution is 2.25. The van der Waals surface area contributed by atoms with E-state index >= 15 is 0 Å². The van der Waals surface area contributed by atoms with Crippen LogP contribution in [0.2, 0.25) is 0 Å². The molecule has 118 valence electrons. The molecule has 6 heteroatoms. The van der Waals surface area contributed by atoms with E-state index in [-0.39, 0.29) is 12.0 Å². The van der Waals surface area contributed by atoms with Gasteiger partial charge in [0.1, 0.15) is 5.76 Å². The second-order valence-corrected chi connectivity index (χ2v) is 5.71. The first-order valence-corrected chi connectivity index (χ1v) is 7.66. The average Bonchev–Trinajstić information content (AvgIpc) is 2.75. The number of rotatable bonds is 5. The van der Waals surface area contributed by atoms with Crippen molar-refractivity contribution in [3.63, 3.8) is 0 Å². The molecular formula is C15H25N3O3. The number of hydrogen-bond acceptors (Lipinski definition) is 4. The van der Waals surface area contributed by atoms with E-state index in [1.54, 1.807) is 0 Å². The van der Waals surface area contributed by atoms with E-state index in [9.17, 15) is 4.79 Å². The van der Waals surface area contributed by atoms with Crippen LogP contribution in [0.1, 0.15) is 44.1 Å². The van der Waals surface area contributed by atoms with Crippen molar-refractivity contribution in [3.05, 3.63) is 11.5 Å². The van der Waals surface area contributed by atoms with Gasteiger partial charge in [0.15, 0.2) is 0 Å². The normalized spacial score (nSPS) is 22.0. The van der Waals surface area contributed by atoms with Crippen molar-refractivity contribution in [2.24, 2.45) is 5.92 Å². The van der Waals surface area contributed by atoms with Gasteiger partial charge in [-0.3, -0.25) is 5.32 Å². The smallest absolute Gasteiger partial charge is 0.322 e. The van der Waals surface area contributed by atoms with Crippen LogP contribution in [0.15, 0.2) is 4.42 Å². The van der Waals surface area contributed by atoms with Gasteiger partial charge >= 0.3 is 12.0 Å². The zero-order valence-electron chi connectivity index (χ0n) is 13.1. The lowest BCUT2D eigenvalue weighted by atomic mass is 9.88. The number of hydrogen-bond donors (Lipinski definition) is 2. The summed E-state index contributed by atoms with van der Waals surface area (Å²) in [5, 5.41) is 5.31. The third kappa shape index (κ3) is 4.74. The number of aryl methyl sites for hydroxylation is 2. The number of ether oxygens (including phenoxy) is 1. The molecule has 0 aliphatic heterocycles. The van der Waals surface area contributed by atoms with Crippen LogP contribution < -0.4 is 10.6 Å². The fourth-order valence-electron chi connectivity index (χ4n) is 2.57. The molecule has 6 nitrogen and oxygen atoms in total. The molecule has 1 aliphatic rings. The molecule has 0 aromatic carbocycles. The van der Waals surface area contributed by atoms with Gasteiger partial charge in [0, 0.05) is 6.54 Å². The number of anilines is 1. The molecule has 1 aromatic rings. The van der Waals surface area contributed by atoms with Crippen LogP contribution >= 0.6 is 0 Å². The van der Waals surface area contributed by atoms with Gasteiger partial charge < -0.3 is 14.5 Å². The Kier molecular flexibility index (Phi) is 5.61. The van der Waals surface area contributed by atoms with Gasteiger partial charge in [-0.15, -0.1) is 0 Å². The molecule has 21 heavy (non-hydrogen) atoms. The van der Waals surface area contributed by atoms with Crippen molar-refractivity contribution in [1.29, 1.82) is 0 Å². The Morgan fingerprint density at radius 1 is 1.38 bits per heavy atom. The Balaban J connectivity index is 1.63. The maximum Gasteiger partial charge on any atom is 0.322 e. The molecule has 2 unspecified atom stereocenters. The number of nitrogens with one attached hydrogen (secondary N) is 2. The highest BCUT2D eigenvalue weighted by atomic mass is 16.5. The summed E-state index contributed by atoms with van der Waals surface area (Å²) in [6.45, 7) is 6.89. The molecule has 1 heterocycles. The zero-order valence-corrected chi connectivity index (χ0v) is 13.1. The second kappa shape index (κ2) is 7.45. The molecule has 2 N–H and O–H groups in total. The Labute approximate surface area is 125 Å². The molecule has 2 atom stereocenters. The van der Waals surface area contributed by atoms with Crippen LogP contribution in [0.5, 0.6) is 0 Å². The number of nitrogens with zero attached hydrogens (tertiary/aromatic N) is 1. The third-order valence-corrected chi connectivity index (χ3v) is 4.00. The Morgan fingerprint density at radius 2 is 2.14 bits per heavy atom. The van der Waals surface area contributed by atoms with Crippen molar-refractivity contribution >= 4 is 12.0 Å². The molecule has 0 bridgehead atoms. The molecule has 0 spiro atoms. The van der Waals surface area contributed by atoms with Crippen LogP contribution in [-0.4, -0.2) is 30.3 Å². The van der Waals surface area contributed by atoms with Crippen molar-refractivity contribution in [2.75, 3.05) is 18.5 Å². The van der Waals surface area contributed by atoms with E-state index in [1.807, 2.05) is 13.8 Å². The molecule has 0 radical (unpaired) electrons. The van der Waals surface area contributed by atoms with Crippen LogP contribution in [0.4, 0.5) is 10.8 Å². The van der Waals surface area contributed by atoms with E-state index < -0.39 is 0 Å². The second-order valence-electron chi connectivity index (χ2n) is 5.71. The fourth-order valence-corrected chi connectivity index (χ4v) is 2.57. The first-order valence-electron chi connectivity index (χ1n) is 7.66. The number of urea groups is 1. The summed E-state index contributed by atoms with van der Waals surface area (Å²) in [5.41, 5.74) is 0.778. The van der Waals surface area contributed by atoms with E-state index in [0.717, 1.165) is 12.1 Å². The lowest BCUT2D eigenvalue weighted by molar-refractivity contribution is -0.00233. The average molecular weight is 295 g/mol. The molecule has 1 saturated carbocycles. The van der Waals surface area contributed by atoms with E-state index in [1.165, 1.54) is 19.3 Å². The molecular weight excluding hydrogens is 270 g/mol. The van der Waals surface area contributed by atoms with Crippen molar-refractivity contribution < 1.29 is 13.9 Å². The minimum atomic E-state index is -0.323. The van der Waals surface area contributed by atoms with Crippen molar-refractivity contribution in [2.45, 2.75) is 52.6 Å². The van der Waals surface area contributed by atoms with Gasteiger partial charge in [-0.2, -0.15) is 4.98 Å². The summed E-state index contributed by atoms with van der Waals surface area (Å²) in [6.07, 6.45) is 5.24. The summed E-state index contributed by atoms with van der Waals surface area (Å²) in [6, 6.07) is -0.0964. The third-order valence-electron chi connectivity index (χ3n) is 4.00. The first kappa shape index (κ1) is 15.8. The summed E-state index contributed by atoms with van der Waals surface area (Å²) >= 11 is 0. The lowest BCUT2D eigenvalue weighted by Crippen LogP contribution is -2.34. The SMILES string of the molecule is Cc1nc(NC(=O)NCCOC2CCCCC2C)oc1C. The number of carbonyl (C=O) groups is 1. The van der Waals surface area contributed by atoms with Crippen LogP contribution in [0.25, 0.3) is 0 Å². The quantitative estimate of drug-likeness (QED) is 0.819. The van der Waals surface area contributed by atoms with Crippen molar-refractivity contribution in [3.8, 4) is 0 Å². The Hall–Kier alpha value is -1.56. The van der Waals surface area contributed by atoms with Crippen LogP contribution in [-0.2, 0) is 4.74 Å². The first-order chi connectivity index (χ1) is 10.1. The standard InChI is InChI=1S/C15H25N3O3/c1-10-6-4-5-7-13(10)20-9-8-16-14(19)18-15-17-11(2)12(3)21-15/h10,13H,4-9H2,1-3H3,(H2,16,17,18,19). The van der Waals surface area contributed by atoms with Gasteiger partial charge in [0.05, 0.1) is 18.4 Å². The summed E-state index contributed by atoms with van der Waals surface area (Å²) in [7, 11) is 0. The predicted molar refractivity (Wildman–Crippen MR) is 80.4 cm³/mol. The number of amides is 2.